The highest BCUT2D eigenvalue weighted by Gasteiger charge is 2.33. The number of para-hydroxylation sites is 1. The minimum atomic E-state index is -4.13. The number of halogens is 1. The lowest BCUT2D eigenvalue weighted by Gasteiger charge is -2.33. The molecule has 0 aliphatic heterocycles. The van der Waals surface area contributed by atoms with E-state index in [0.717, 1.165) is 15.4 Å². The summed E-state index contributed by atoms with van der Waals surface area (Å²) in [4.78, 5) is 28.7. The highest BCUT2D eigenvalue weighted by atomic mass is 35.5. The molecule has 0 saturated carbocycles. The van der Waals surface area contributed by atoms with E-state index in [-0.39, 0.29) is 23.3 Å². The number of nitrogens with one attached hydrogen (secondary N) is 1. The van der Waals surface area contributed by atoms with E-state index in [9.17, 15) is 18.0 Å². The molecule has 2 amide bonds. The van der Waals surface area contributed by atoms with Crippen LogP contribution in [0.2, 0.25) is 5.02 Å². The molecular formula is C30H36ClN3O4S. The van der Waals surface area contributed by atoms with Gasteiger partial charge in [-0.05, 0) is 61.2 Å². The Hall–Kier alpha value is -3.36. The van der Waals surface area contributed by atoms with Gasteiger partial charge in [0.25, 0.3) is 10.0 Å². The summed E-state index contributed by atoms with van der Waals surface area (Å²) >= 11 is 5.99. The van der Waals surface area contributed by atoms with E-state index in [4.69, 9.17) is 11.6 Å². The van der Waals surface area contributed by atoms with Crippen molar-refractivity contribution in [1.29, 1.82) is 0 Å². The third-order valence-electron chi connectivity index (χ3n) is 6.27. The van der Waals surface area contributed by atoms with E-state index < -0.39 is 28.5 Å². The molecular weight excluding hydrogens is 534 g/mol. The Morgan fingerprint density at radius 1 is 0.923 bits per heavy atom. The number of hydrogen-bond donors (Lipinski definition) is 1. The number of sulfonamides is 1. The normalized spacial score (nSPS) is 12.2. The van der Waals surface area contributed by atoms with Crippen LogP contribution in [0.3, 0.4) is 0 Å². The molecule has 208 valence electrons. The first kappa shape index (κ1) is 30.2. The summed E-state index contributed by atoms with van der Waals surface area (Å²) in [7, 11) is -4.13. The summed E-state index contributed by atoms with van der Waals surface area (Å²) in [5.41, 5.74) is 2.26. The Labute approximate surface area is 236 Å². The van der Waals surface area contributed by atoms with Crippen molar-refractivity contribution in [3.63, 3.8) is 0 Å². The van der Waals surface area contributed by atoms with E-state index in [2.05, 4.69) is 5.32 Å². The van der Waals surface area contributed by atoms with Gasteiger partial charge in [0.2, 0.25) is 11.8 Å². The highest BCUT2D eigenvalue weighted by molar-refractivity contribution is 7.92. The summed E-state index contributed by atoms with van der Waals surface area (Å²) in [6.07, 6.45) is 0.372. The SMILES string of the molecule is CC[C@H](C(=O)NCC(C)C)N(Cc1ccc(C)cc1)C(=O)CN(c1ccccc1)S(=O)(=O)c1ccc(Cl)cc1. The minimum absolute atomic E-state index is 0.00959. The van der Waals surface area contributed by atoms with Gasteiger partial charge in [-0.3, -0.25) is 13.9 Å². The van der Waals surface area contributed by atoms with Gasteiger partial charge in [-0.2, -0.15) is 0 Å². The second kappa shape index (κ2) is 13.6. The summed E-state index contributed by atoms with van der Waals surface area (Å²) in [6, 6.07) is 21.2. The predicted octanol–water partition coefficient (Wildman–Crippen LogP) is 5.42. The second-order valence-electron chi connectivity index (χ2n) is 9.87. The van der Waals surface area contributed by atoms with Crippen LogP contribution in [0.15, 0.2) is 83.8 Å². The fraction of sp³-hybridized carbons (Fsp3) is 0.333. The molecule has 0 aliphatic carbocycles. The first-order valence-electron chi connectivity index (χ1n) is 13.0. The molecule has 0 fully saturated rings. The molecule has 0 radical (unpaired) electrons. The maximum atomic E-state index is 14.0. The van der Waals surface area contributed by atoms with Crippen LogP contribution in [0, 0.1) is 12.8 Å². The van der Waals surface area contributed by atoms with Crippen LogP contribution in [-0.2, 0) is 26.2 Å². The van der Waals surface area contributed by atoms with Crippen molar-refractivity contribution < 1.29 is 18.0 Å². The molecule has 9 heteroatoms. The van der Waals surface area contributed by atoms with E-state index >= 15 is 0 Å². The maximum absolute atomic E-state index is 14.0. The van der Waals surface area contributed by atoms with Crippen LogP contribution < -0.4 is 9.62 Å². The zero-order valence-corrected chi connectivity index (χ0v) is 24.4. The van der Waals surface area contributed by atoms with Gasteiger partial charge < -0.3 is 10.2 Å². The largest absolute Gasteiger partial charge is 0.354 e. The average molecular weight is 570 g/mol. The smallest absolute Gasteiger partial charge is 0.264 e. The number of amides is 2. The van der Waals surface area contributed by atoms with Crippen molar-refractivity contribution in [3.8, 4) is 0 Å². The van der Waals surface area contributed by atoms with Crippen molar-refractivity contribution in [2.45, 2.75) is 51.6 Å². The number of rotatable bonds is 12. The quantitative estimate of drug-likeness (QED) is 0.315. The zero-order valence-electron chi connectivity index (χ0n) is 22.8. The Kier molecular flexibility index (Phi) is 10.5. The fourth-order valence-electron chi connectivity index (χ4n) is 4.09. The maximum Gasteiger partial charge on any atom is 0.264 e. The average Bonchev–Trinajstić information content (AvgIpc) is 2.92. The topological polar surface area (TPSA) is 86.8 Å². The van der Waals surface area contributed by atoms with Crippen molar-refractivity contribution in [2.24, 2.45) is 5.92 Å². The van der Waals surface area contributed by atoms with E-state index in [1.54, 1.807) is 30.3 Å². The number of nitrogens with zero attached hydrogens (tertiary/aromatic N) is 2. The molecule has 0 saturated heterocycles. The number of aryl methyl sites for hydroxylation is 1. The molecule has 0 aliphatic rings. The number of hydrogen-bond acceptors (Lipinski definition) is 4. The fourth-order valence-corrected chi connectivity index (χ4v) is 5.63. The van der Waals surface area contributed by atoms with Gasteiger partial charge in [0.15, 0.2) is 0 Å². The zero-order chi connectivity index (χ0) is 28.6. The van der Waals surface area contributed by atoms with Gasteiger partial charge >= 0.3 is 0 Å². The van der Waals surface area contributed by atoms with Crippen molar-refractivity contribution in [1.82, 2.24) is 10.2 Å². The summed E-state index contributed by atoms with van der Waals surface area (Å²) in [5.74, 6) is -0.507. The standard InChI is InChI=1S/C30H36ClN3O4S/c1-5-28(30(36)32-19-22(2)3)33(20-24-13-11-23(4)12-14-24)29(35)21-34(26-9-7-6-8-10-26)39(37,38)27-17-15-25(31)16-18-27/h6-18,22,28H,5,19-21H2,1-4H3,(H,32,36)/t28-/m1/s1. The monoisotopic (exact) mass is 569 g/mol. The third-order valence-corrected chi connectivity index (χ3v) is 8.31. The Morgan fingerprint density at radius 3 is 2.10 bits per heavy atom. The summed E-state index contributed by atoms with van der Waals surface area (Å²) < 4.78 is 28.6. The molecule has 1 N–H and O–H groups in total. The molecule has 3 aromatic rings. The Bertz CT molecular complexity index is 1350. The first-order chi connectivity index (χ1) is 18.5. The predicted molar refractivity (Wildman–Crippen MR) is 156 cm³/mol. The van der Waals surface area contributed by atoms with Crippen molar-refractivity contribution in [2.75, 3.05) is 17.4 Å². The van der Waals surface area contributed by atoms with Crippen LogP contribution >= 0.6 is 11.6 Å². The van der Waals surface area contributed by atoms with Gasteiger partial charge in [0.1, 0.15) is 12.6 Å². The molecule has 0 spiro atoms. The van der Waals surface area contributed by atoms with E-state index in [1.165, 1.54) is 29.2 Å². The minimum Gasteiger partial charge on any atom is -0.354 e. The van der Waals surface area contributed by atoms with Crippen molar-refractivity contribution >= 4 is 39.1 Å². The Balaban J connectivity index is 2.01. The summed E-state index contributed by atoms with van der Waals surface area (Å²) in [5, 5.41) is 3.33. The van der Waals surface area contributed by atoms with Crippen LogP contribution in [-0.4, -0.2) is 44.3 Å². The molecule has 7 nitrogen and oxygen atoms in total. The molecule has 3 rings (SSSR count). The lowest BCUT2D eigenvalue weighted by atomic mass is 10.1. The van der Waals surface area contributed by atoms with Crippen molar-refractivity contribution in [3.05, 3.63) is 95.0 Å². The lowest BCUT2D eigenvalue weighted by Crippen LogP contribution is -2.52. The van der Waals surface area contributed by atoms with Crippen LogP contribution in [0.25, 0.3) is 0 Å². The molecule has 0 aromatic heterocycles. The lowest BCUT2D eigenvalue weighted by molar-refractivity contribution is -0.140. The molecule has 3 aromatic carbocycles. The van der Waals surface area contributed by atoms with Crippen LogP contribution in [0.5, 0.6) is 0 Å². The van der Waals surface area contributed by atoms with Gasteiger partial charge in [0, 0.05) is 18.1 Å². The molecule has 1 atom stereocenters. The van der Waals surface area contributed by atoms with Crippen LogP contribution in [0.1, 0.15) is 38.3 Å². The van der Waals surface area contributed by atoms with Gasteiger partial charge in [-0.15, -0.1) is 0 Å². The van der Waals surface area contributed by atoms with Crippen LogP contribution in [0.4, 0.5) is 5.69 Å². The third kappa shape index (κ3) is 8.07. The second-order valence-corrected chi connectivity index (χ2v) is 12.2. The van der Waals surface area contributed by atoms with Gasteiger partial charge in [-0.1, -0.05) is 80.4 Å². The van der Waals surface area contributed by atoms with Gasteiger partial charge in [-0.25, -0.2) is 8.42 Å². The molecule has 0 heterocycles. The van der Waals surface area contributed by atoms with E-state index in [0.29, 0.717) is 23.7 Å². The van der Waals surface area contributed by atoms with Gasteiger partial charge in [0.05, 0.1) is 10.6 Å². The number of benzene rings is 3. The Morgan fingerprint density at radius 2 is 1.54 bits per heavy atom. The molecule has 0 unspecified atom stereocenters. The number of carbonyl (C=O) groups is 2. The summed E-state index contributed by atoms with van der Waals surface area (Å²) in [6.45, 7) is 7.97. The van der Waals surface area contributed by atoms with E-state index in [1.807, 2.05) is 52.0 Å². The number of carbonyl (C=O) groups excluding carboxylic acids is 2. The molecule has 39 heavy (non-hydrogen) atoms. The highest BCUT2D eigenvalue weighted by Crippen LogP contribution is 2.25. The molecule has 0 bridgehead atoms. The number of anilines is 1. The first-order valence-corrected chi connectivity index (χ1v) is 14.8.